The van der Waals surface area contributed by atoms with Crippen molar-refractivity contribution in [3.05, 3.63) is 95.5 Å². The number of aliphatic hydroxyl groups excluding tert-OH is 1. The second-order valence-electron chi connectivity index (χ2n) is 8.10. The molecule has 8 nitrogen and oxygen atoms in total. The largest absolute Gasteiger partial charge is 0.507 e. The topological polar surface area (TPSA) is 105 Å². The first-order valence-corrected chi connectivity index (χ1v) is 11.0. The molecule has 2 aromatic carbocycles. The average molecular weight is 469 g/mol. The second kappa shape index (κ2) is 8.98. The van der Waals surface area contributed by atoms with Gasteiger partial charge in [0.25, 0.3) is 11.7 Å². The number of nitrogens with zero attached hydrogens (tertiary/aromatic N) is 2. The first-order valence-electron chi connectivity index (χ1n) is 11.0. The number of likely N-dealkylation sites (tertiary alicyclic amines) is 1. The maximum atomic E-state index is 13.4. The SMILES string of the molecule is COc1ccc(/C(O)=C2\C(=O)C(=O)N(Cc3ccccn3)C2c2c[nH]c3ccccc23)c(OC)c1. The van der Waals surface area contributed by atoms with Crippen LogP contribution in [0, 0.1) is 0 Å². The van der Waals surface area contributed by atoms with Gasteiger partial charge in [0.05, 0.1) is 43.6 Å². The van der Waals surface area contributed by atoms with Gasteiger partial charge in [0.15, 0.2) is 0 Å². The van der Waals surface area contributed by atoms with Crippen molar-refractivity contribution in [1.82, 2.24) is 14.9 Å². The zero-order valence-corrected chi connectivity index (χ0v) is 19.2. The average Bonchev–Trinajstić information content (AvgIpc) is 3.42. The summed E-state index contributed by atoms with van der Waals surface area (Å²) in [5.74, 6) is -0.953. The van der Waals surface area contributed by atoms with E-state index in [1.807, 2.05) is 30.3 Å². The van der Waals surface area contributed by atoms with E-state index in [1.54, 1.807) is 42.7 Å². The van der Waals surface area contributed by atoms with Gasteiger partial charge in [0.2, 0.25) is 0 Å². The number of nitrogens with one attached hydrogen (secondary N) is 1. The normalized spacial score (nSPS) is 17.2. The van der Waals surface area contributed by atoms with Gasteiger partial charge in [-0.2, -0.15) is 0 Å². The highest BCUT2D eigenvalue weighted by Crippen LogP contribution is 2.44. The van der Waals surface area contributed by atoms with E-state index in [-0.39, 0.29) is 23.4 Å². The van der Waals surface area contributed by atoms with E-state index in [1.165, 1.54) is 19.1 Å². The molecule has 4 aromatic rings. The Bertz CT molecular complexity index is 1460. The smallest absolute Gasteiger partial charge is 0.296 e. The monoisotopic (exact) mass is 469 g/mol. The van der Waals surface area contributed by atoms with Gasteiger partial charge in [-0.1, -0.05) is 24.3 Å². The van der Waals surface area contributed by atoms with E-state index in [0.717, 1.165) is 10.9 Å². The number of ketones is 1. The lowest BCUT2D eigenvalue weighted by Gasteiger charge is -2.24. The standard InChI is InChI=1S/C27H23N3O5/c1-34-17-10-11-19(22(13-17)35-2)25(31)23-24(20-14-29-21-9-4-3-8-18(20)21)30(27(33)26(23)32)15-16-7-5-6-12-28-16/h3-14,24,29,31H,15H2,1-2H3/b25-23+. The number of amides is 1. The van der Waals surface area contributed by atoms with Crippen LogP contribution in [0.1, 0.15) is 22.9 Å². The Labute approximate surface area is 201 Å². The van der Waals surface area contributed by atoms with Crippen molar-refractivity contribution in [2.75, 3.05) is 14.2 Å². The van der Waals surface area contributed by atoms with Crippen LogP contribution in [0.3, 0.4) is 0 Å². The minimum atomic E-state index is -0.833. The fourth-order valence-corrected chi connectivity index (χ4v) is 4.49. The molecule has 1 amide bonds. The predicted molar refractivity (Wildman–Crippen MR) is 130 cm³/mol. The molecule has 0 saturated carbocycles. The van der Waals surface area contributed by atoms with Crippen LogP contribution in [-0.2, 0) is 16.1 Å². The molecule has 3 heterocycles. The van der Waals surface area contributed by atoms with Gasteiger partial charge < -0.3 is 24.5 Å². The third-order valence-electron chi connectivity index (χ3n) is 6.18. The number of aliphatic hydroxyl groups is 1. The summed E-state index contributed by atoms with van der Waals surface area (Å²) in [5, 5.41) is 12.3. The Morgan fingerprint density at radius 3 is 2.60 bits per heavy atom. The Morgan fingerprint density at radius 1 is 1.06 bits per heavy atom. The van der Waals surface area contributed by atoms with Gasteiger partial charge in [-0.15, -0.1) is 0 Å². The number of Topliss-reactive ketones (excluding diaryl/α,β-unsaturated/α-hetero) is 1. The Morgan fingerprint density at radius 2 is 1.86 bits per heavy atom. The van der Waals surface area contributed by atoms with Crippen LogP contribution < -0.4 is 9.47 Å². The summed E-state index contributed by atoms with van der Waals surface area (Å²) >= 11 is 0. The molecule has 8 heteroatoms. The van der Waals surface area contributed by atoms with E-state index in [9.17, 15) is 14.7 Å². The molecular formula is C27H23N3O5. The van der Waals surface area contributed by atoms with Crippen LogP contribution in [0.15, 0.2) is 78.6 Å². The number of hydrogen-bond donors (Lipinski definition) is 2. The van der Waals surface area contributed by atoms with Crippen LogP contribution in [-0.4, -0.2) is 45.9 Å². The molecule has 2 aromatic heterocycles. The molecule has 0 radical (unpaired) electrons. The zero-order chi connectivity index (χ0) is 24.5. The van der Waals surface area contributed by atoms with Crippen LogP contribution in [0.25, 0.3) is 16.7 Å². The Hall–Kier alpha value is -4.59. The molecule has 35 heavy (non-hydrogen) atoms. The van der Waals surface area contributed by atoms with Crippen molar-refractivity contribution in [3.8, 4) is 11.5 Å². The molecular weight excluding hydrogens is 446 g/mol. The third kappa shape index (κ3) is 3.78. The van der Waals surface area contributed by atoms with Crippen LogP contribution >= 0.6 is 0 Å². The number of fused-ring (bicyclic) bond motifs is 1. The molecule has 1 aliphatic heterocycles. The first-order chi connectivity index (χ1) is 17.0. The first kappa shape index (κ1) is 22.2. The van der Waals surface area contributed by atoms with Crippen molar-refractivity contribution in [2.45, 2.75) is 12.6 Å². The number of carbonyl (C=O) groups is 2. The molecule has 0 aliphatic carbocycles. The van der Waals surface area contributed by atoms with E-state index >= 15 is 0 Å². The van der Waals surface area contributed by atoms with Gasteiger partial charge in [0, 0.05) is 34.9 Å². The summed E-state index contributed by atoms with van der Waals surface area (Å²) in [4.78, 5) is 35.7. The lowest BCUT2D eigenvalue weighted by Crippen LogP contribution is -2.29. The second-order valence-corrected chi connectivity index (χ2v) is 8.10. The minimum Gasteiger partial charge on any atom is -0.507 e. The van der Waals surface area contributed by atoms with Crippen LogP contribution in [0.2, 0.25) is 0 Å². The molecule has 5 rings (SSSR count). The number of rotatable bonds is 6. The van der Waals surface area contributed by atoms with Crippen molar-refractivity contribution in [3.63, 3.8) is 0 Å². The molecule has 2 N–H and O–H groups in total. The summed E-state index contributed by atoms with van der Waals surface area (Å²) in [7, 11) is 2.98. The number of pyridine rings is 1. The molecule has 0 spiro atoms. The number of H-pyrrole nitrogens is 1. The van der Waals surface area contributed by atoms with Gasteiger partial charge in [-0.05, 0) is 30.3 Å². The summed E-state index contributed by atoms with van der Waals surface area (Å²) in [6.45, 7) is 0.103. The molecule has 1 fully saturated rings. The molecule has 1 atom stereocenters. The summed E-state index contributed by atoms with van der Waals surface area (Å²) in [5.41, 5.74) is 2.45. The number of aromatic nitrogens is 2. The van der Waals surface area contributed by atoms with Crippen molar-refractivity contribution in [2.24, 2.45) is 0 Å². The summed E-state index contributed by atoms with van der Waals surface area (Å²) in [6.07, 6.45) is 3.40. The van der Waals surface area contributed by atoms with Gasteiger partial charge in [-0.3, -0.25) is 14.6 Å². The van der Waals surface area contributed by atoms with Crippen molar-refractivity contribution in [1.29, 1.82) is 0 Å². The highest BCUT2D eigenvalue weighted by molar-refractivity contribution is 6.46. The van der Waals surface area contributed by atoms with Crippen LogP contribution in [0.5, 0.6) is 11.5 Å². The van der Waals surface area contributed by atoms with Crippen molar-refractivity contribution >= 4 is 28.4 Å². The highest BCUT2D eigenvalue weighted by atomic mass is 16.5. The Kier molecular flexibility index (Phi) is 5.70. The van der Waals surface area contributed by atoms with Gasteiger partial charge in [-0.25, -0.2) is 0 Å². The minimum absolute atomic E-state index is 0.0147. The molecule has 1 unspecified atom stereocenters. The number of para-hydroxylation sites is 1. The fourth-order valence-electron chi connectivity index (χ4n) is 4.49. The number of ether oxygens (including phenoxy) is 2. The van der Waals surface area contributed by atoms with E-state index < -0.39 is 17.7 Å². The number of hydrogen-bond acceptors (Lipinski definition) is 6. The number of aromatic amines is 1. The number of benzene rings is 2. The summed E-state index contributed by atoms with van der Waals surface area (Å²) < 4.78 is 10.7. The number of methoxy groups -OCH3 is 2. The van der Waals surface area contributed by atoms with Crippen molar-refractivity contribution < 1.29 is 24.2 Å². The third-order valence-corrected chi connectivity index (χ3v) is 6.18. The predicted octanol–water partition coefficient (Wildman–Crippen LogP) is 4.20. The van der Waals surface area contributed by atoms with Crippen LogP contribution in [0.4, 0.5) is 0 Å². The molecule has 0 bridgehead atoms. The van der Waals surface area contributed by atoms with E-state index in [0.29, 0.717) is 22.8 Å². The zero-order valence-electron chi connectivity index (χ0n) is 19.2. The van der Waals surface area contributed by atoms with E-state index in [4.69, 9.17) is 9.47 Å². The lowest BCUT2D eigenvalue weighted by atomic mass is 9.94. The summed E-state index contributed by atoms with van der Waals surface area (Å²) in [6, 6.07) is 17.0. The van der Waals surface area contributed by atoms with Gasteiger partial charge in [0.1, 0.15) is 17.3 Å². The maximum Gasteiger partial charge on any atom is 0.296 e. The molecule has 176 valence electrons. The number of carbonyl (C=O) groups excluding carboxylic acids is 2. The Balaban J connectivity index is 1.72. The molecule has 1 aliphatic rings. The quantitative estimate of drug-likeness (QED) is 0.249. The lowest BCUT2D eigenvalue weighted by molar-refractivity contribution is -0.140. The molecule has 1 saturated heterocycles. The van der Waals surface area contributed by atoms with Gasteiger partial charge >= 0.3 is 0 Å². The fraction of sp³-hybridized carbons (Fsp3) is 0.148. The highest BCUT2D eigenvalue weighted by Gasteiger charge is 2.47. The van der Waals surface area contributed by atoms with E-state index in [2.05, 4.69) is 9.97 Å². The maximum absolute atomic E-state index is 13.4.